The zero-order valence-electron chi connectivity index (χ0n) is 15.5. The fraction of sp³-hybridized carbons (Fsp3) is 0.524. The molecule has 3 nitrogen and oxygen atoms in total. The van der Waals surface area contributed by atoms with Gasteiger partial charge in [0.15, 0.2) is 0 Å². The molecule has 25 heavy (non-hydrogen) atoms. The third-order valence-electron chi connectivity index (χ3n) is 4.92. The second-order valence-electron chi connectivity index (χ2n) is 6.87. The maximum Gasteiger partial charge on any atom is 0.488 e. The minimum Gasteiger partial charge on any atom is -0.423 e. The molecule has 2 rings (SSSR count). The van der Waals surface area contributed by atoms with E-state index in [-0.39, 0.29) is 0 Å². The summed E-state index contributed by atoms with van der Waals surface area (Å²) >= 11 is 0. The van der Waals surface area contributed by atoms with Gasteiger partial charge in [-0.1, -0.05) is 75.4 Å². The van der Waals surface area contributed by atoms with E-state index < -0.39 is 7.12 Å². The molecular formula is C21H32BNO2. The first kappa shape index (κ1) is 19.8. The summed E-state index contributed by atoms with van der Waals surface area (Å²) in [6.45, 7) is 4.36. The second-order valence-corrected chi connectivity index (χ2v) is 6.87. The SMILES string of the molecule is CCCCCCCCN1CC=CC=C1CCc1ccccc1B(O)O. The molecular weight excluding hydrogens is 309 g/mol. The van der Waals surface area contributed by atoms with Crippen molar-refractivity contribution in [3.63, 3.8) is 0 Å². The molecule has 0 spiro atoms. The molecule has 1 aliphatic heterocycles. The molecule has 4 heteroatoms. The Hall–Kier alpha value is -1.52. The quantitative estimate of drug-likeness (QED) is 0.479. The van der Waals surface area contributed by atoms with E-state index in [0.717, 1.165) is 31.5 Å². The summed E-state index contributed by atoms with van der Waals surface area (Å²) in [6, 6.07) is 7.60. The molecule has 0 atom stereocenters. The Balaban J connectivity index is 1.83. The molecule has 1 aromatic rings. The predicted molar refractivity (Wildman–Crippen MR) is 107 cm³/mol. The lowest BCUT2D eigenvalue weighted by Crippen LogP contribution is -2.33. The van der Waals surface area contributed by atoms with E-state index >= 15 is 0 Å². The predicted octanol–water partition coefficient (Wildman–Crippen LogP) is 3.42. The summed E-state index contributed by atoms with van der Waals surface area (Å²) in [6.07, 6.45) is 16.3. The number of unbranched alkanes of at least 4 members (excludes halogenated alkanes) is 5. The van der Waals surface area contributed by atoms with Crippen LogP contribution in [0.2, 0.25) is 0 Å². The zero-order chi connectivity index (χ0) is 17.9. The van der Waals surface area contributed by atoms with Crippen LogP contribution >= 0.6 is 0 Å². The van der Waals surface area contributed by atoms with Crippen molar-refractivity contribution in [2.75, 3.05) is 13.1 Å². The maximum atomic E-state index is 9.52. The molecule has 0 saturated carbocycles. The van der Waals surface area contributed by atoms with Gasteiger partial charge in [0.1, 0.15) is 0 Å². The van der Waals surface area contributed by atoms with Crippen LogP contribution in [0, 0.1) is 0 Å². The summed E-state index contributed by atoms with van der Waals surface area (Å²) in [4.78, 5) is 2.47. The molecule has 2 N–H and O–H groups in total. The van der Waals surface area contributed by atoms with E-state index in [1.165, 1.54) is 44.2 Å². The van der Waals surface area contributed by atoms with E-state index in [0.29, 0.717) is 5.46 Å². The molecule has 1 aromatic carbocycles. The molecule has 0 bridgehead atoms. The minimum atomic E-state index is -1.39. The van der Waals surface area contributed by atoms with E-state index in [2.05, 4.69) is 30.1 Å². The molecule has 0 amide bonds. The molecule has 136 valence electrons. The van der Waals surface area contributed by atoms with Gasteiger partial charge in [-0.05, 0) is 36.4 Å². The van der Waals surface area contributed by atoms with Crippen molar-refractivity contribution >= 4 is 12.6 Å². The van der Waals surface area contributed by atoms with Crippen molar-refractivity contribution in [1.29, 1.82) is 0 Å². The second kappa shape index (κ2) is 11.2. The van der Waals surface area contributed by atoms with Crippen LogP contribution in [0.25, 0.3) is 0 Å². The number of hydrogen-bond donors (Lipinski definition) is 2. The number of allylic oxidation sites excluding steroid dienone is 3. The highest BCUT2D eigenvalue weighted by Gasteiger charge is 2.16. The fourth-order valence-electron chi connectivity index (χ4n) is 3.43. The van der Waals surface area contributed by atoms with Gasteiger partial charge in [-0.3, -0.25) is 0 Å². The lowest BCUT2D eigenvalue weighted by atomic mass is 9.76. The van der Waals surface area contributed by atoms with Crippen LogP contribution in [0.1, 0.15) is 57.4 Å². The summed E-state index contributed by atoms with van der Waals surface area (Å²) in [7, 11) is -1.39. The Morgan fingerprint density at radius 2 is 1.76 bits per heavy atom. The average molecular weight is 341 g/mol. The van der Waals surface area contributed by atoms with Gasteiger partial charge >= 0.3 is 7.12 Å². The molecule has 0 unspecified atom stereocenters. The lowest BCUT2D eigenvalue weighted by Gasteiger charge is -2.28. The zero-order valence-corrected chi connectivity index (χ0v) is 15.5. The van der Waals surface area contributed by atoms with Crippen LogP contribution in [0.3, 0.4) is 0 Å². The van der Waals surface area contributed by atoms with Crippen LogP contribution in [-0.2, 0) is 6.42 Å². The van der Waals surface area contributed by atoms with Gasteiger partial charge in [-0.25, -0.2) is 0 Å². The smallest absolute Gasteiger partial charge is 0.423 e. The van der Waals surface area contributed by atoms with Gasteiger partial charge in [0.2, 0.25) is 0 Å². The Labute approximate surface area is 153 Å². The number of hydrogen-bond acceptors (Lipinski definition) is 3. The molecule has 0 aliphatic carbocycles. The van der Waals surface area contributed by atoms with E-state index in [9.17, 15) is 10.0 Å². The van der Waals surface area contributed by atoms with Crippen molar-refractivity contribution in [2.45, 2.75) is 58.3 Å². The first-order valence-electron chi connectivity index (χ1n) is 9.77. The molecule has 0 radical (unpaired) electrons. The number of rotatable bonds is 11. The van der Waals surface area contributed by atoms with Gasteiger partial charge in [-0.15, -0.1) is 0 Å². The van der Waals surface area contributed by atoms with Crippen LogP contribution < -0.4 is 5.46 Å². The first-order chi connectivity index (χ1) is 12.2. The third kappa shape index (κ3) is 6.72. The standard InChI is InChI=1S/C21H32BNO2/c1-2-3-4-5-6-10-17-23-18-11-9-13-20(23)16-15-19-12-7-8-14-21(19)22(24)25/h7-9,11-14,24-25H,2-6,10,15-18H2,1H3. The summed E-state index contributed by atoms with van der Waals surface area (Å²) in [5, 5.41) is 19.0. The Bertz CT molecular complexity index is 569. The van der Waals surface area contributed by atoms with Crippen LogP contribution in [-0.4, -0.2) is 35.2 Å². The Morgan fingerprint density at radius 1 is 1.00 bits per heavy atom. The van der Waals surface area contributed by atoms with Gasteiger partial charge < -0.3 is 14.9 Å². The first-order valence-corrected chi connectivity index (χ1v) is 9.77. The van der Waals surface area contributed by atoms with Crippen molar-refractivity contribution < 1.29 is 10.0 Å². The third-order valence-corrected chi connectivity index (χ3v) is 4.92. The topological polar surface area (TPSA) is 43.7 Å². The van der Waals surface area contributed by atoms with Gasteiger partial charge in [-0.2, -0.15) is 0 Å². The maximum absolute atomic E-state index is 9.52. The van der Waals surface area contributed by atoms with Gasteiger partial charge in [0, 0.05) is 18.8 Å². The van der Waals surface area contributed by atoms with Crippen LogP contribution in [0.5, 0.6) is 0 Å². The highest BCUT2D eigenvalue weighted by atomic mass is 16.4. The van der Waals surface area contributed by atoms with Crippen LogP contribution in [0.15, 0.2) is 48.2 Å². The Kier molecular flexibility index (Phi) is 8.85. The van der Waals surface area contributed by atoms with Crippen molar-refractivity contribution in [2.24, 2.45) is 0 Å². The largest absolute Gasteiger partial charge is 0.488 e. The lowest BCUT2D eigenvalue weighted by molar-refractivity contribution is 0.348. The Morgan fingerprint density at radius 3 is 2.56 bits per heavy atom. The van der Waals surface area contributed by atoms with E-state index in [1.807, 2.05) is 18.2 Å². The van der Waals surface area contributed by atoms with Gasteiger partial charge in [0.05, 0.1) is 0 Å². The van der Waals surface area contributed by atoms with Gasteiger partial charge in [0.25, 0.3) is 0 Å². The summed E-state index contributed by atoms with van der Waals surface area (Å²) < 4.78 is 0. The number of aryl methyl sites for hydroxylation is 1. The summed E-state index contributed by atoms with van der Waals surface area (Å²) in [5.74, 6) is 0. The highest BCUT2D eigenvalue weighted by molar-refractivity contribution is 6.59. The minimum absolute atomic E-state index is 0.622. The molecule has 0 fully saturated rings. The highest BCUT2D eigenvalue weighted by Crippen LogP contribution is 2.18. The number of benzene rings is 1. The molecule has 0 saturated heterocycles. The monoisotopic (exact) mass is 341 g/mol. The fourth-order valence-corrected chi connectivity index (χ4v) is 3.43. The summed E-state index contributed by atoms with van der Waals surface area (Å²) in [5.41, 5.74) is 3.00. The van der Waals surface area contributed by atoms with Crippen LogP contribution in [0.4, 0.5) is 0 Å². The van der Waals surface area contributed by atoms with Crippen molar-refractivity contribution in [1.82, 2.24) is 4.90 Å². The average Bonchev–Trinajstić information content (AvgIpc) is 2.64. The van der Waals surface area contributed by atoms with Crippen molar-refractivity contribution in [3.05, 3.63) is 53.8 Å². The molecule has 1 aliphatic rings. The molecule has 1 heterocycles. The number of nitrogens with zero attached hydrogens (tertiary/aromatic N) is 1. The normalized spacial score (nSPS) is 13.9. The van der Waals surface area contributed by atoms with E-state index in [1.54, 1.807) is 6.07 Å². The molecule has 0 aromatic heterocycles. The van der Waals surface area contributed by atoms with Crippen molar-refractivity contribution in [3.8, 4) is 0 Å². The van der Waals surface area contributed by atoms with E-state index in [4.69, 9.17) is 0 Å².